The van der Waals surface area contributed by atoms with Crippen LogP contribution in [0, 0.1) is 0 Å². The number of benzene rings is 3. The standard InChI is InChI=1S/C29H27NO7/c1-2-34-28(32)26-23(22-15-9-10-16-25(22)37-26)19-35-27(31)24(17-20-11-5-3-6-12-20)30-29(33)36-18-21-13-7-4-8-14-21/h3-16,24H,2,17-19H2,1H3,(H,30,33)/t24-/m0/s1. The molecule has 190 valence electrons. The van der Waals surface area contributed by atoms with Gasteiger partial charge >= 0.3 is 18.0 Å². The Balaban J connectivity index is 1.48. The van der Waals surface area contributed by atoms with Crippen LogP contribution in [-0.4, -0.2) is 30.7 Å². The number of rotatable bonds is 10. The summed E-state index contributed by atoms with van der Waals surface area (Å²) in [6, 6.07) is 24.5. The maximum absolute atomic E-state index is 13.2. The van der Waals surface area contributed by atoms with Gasteiger partial charge in [-0.1, -0.05) is 78.9 Å². The smallest absolute Gasteiger partial charge is 0.408 e. The molecule has 1 N–H and O–H groups in total. The maximum Gasteiger partial charge on any atom is 0.408 e. The molecule has 0 spiro atoms. The minimum Gasteiger partial charge on any atom is -0.460 e. The maximum atomic E-state index is 13.2. The van der Waals surface area contributed by atoms with Crippen LogP contribution in [0.25, 0.3) is 11.0 Å². The van der Waals surface area contributed by atoms with Gasteiger partial charge in [-0.3, -0.25) is 0 Å². The number of fused-ring (bicyclic) bond motifs is 1. The van der Waals surface area contributed by atoms with Crippen LogP contribution in [0.15, 0.2) is 89.3 Å². The van der Waals surface area contributed by atoms with Crippen LogP contribution in [0.1, 0.15) is 34.2 Å². The number of hydrogen-bond donors (Lipinski definition) is 1. The van der Waals surface area contributed by atoms with Crippen molar-refractivity contribution >= 4 is 29.0 Å². The Hall–Kier alpha value is -4.59. The number of esters is 2. The zero-order valence-electron chi connectivity index (χ0n) is 20.3. The van der Waals surface area contributed by atoms with Crippen molar-refractivity contribution < 1.29 is 33.0 Å². The molecule has 3 aromatic carbocycles. The number of carbonyl (C=O) groups is 3. The Labute approximate surface area is 214 Å². The third-order valence-corrected chi connectivity index (χ3v) is 5.59. The summed E-state index contributed by atoms with van der Waals surface area (Å²) in [5.74, 6) is -1.35. The minimum absolute atomic E-state index is 0.0225. The molecule has 0 radical (unpaired) electrons. The second-order valence-electron chi connectivity index (χ2n) is 8.18. The average molecular weight is 502 g/mol. The minimum atomic E-state index is -1.02. The molecular formula is C29H27NO7. The second-order valence-corrected chi connectivity index (χ2v) is 8.18. The molecule has 8 heteroatoms. The van der Waals surface area contributed by atoms with Crippen LogP contribution in [0.2, 0.25) is 0 Å². The lowest BCUT2D eigenvalue weighted by atomic mass is 10.1. The largest absolute Gasteiger partial charge is 0.460 e. The normalized spacial score (nSPS) is 11.5. The molecule has 0 aliphatic rings. The highest BCUT2D eigenvalue weighted by molar-refractivity contribution is 5.96. The first-order valence-corrected chi connectivity index (χ1v) is 11.9. The fourth-order valence-electron chi connectivity index (χ4n) is 3.80. The quantitative estimate of drug-likeness (QED) is 0.236. The molecule has 1 amide bonds. The molecule has 37 heavy (non-hydrogen) atoms. The first-order chi connectivity index (χ1) is 18.0. The summed E-state index contributed by atoms with van der Waals surface area (Å²) in [6.45, 7) is 1.68. The van der Waals surface area contributed by atoms with Crippen LogP contribution in [0.3, 0.4) is 0 Å². The lowest BCUT2D eigenvalue weighted by Gasteiger charge is -2.18. The molecule has 0 fully saturated rings. The predicted octanol–water partition coefficient (Wildman–Crippen LogP) is 5.19. The van der Waals surface area contributed by atoms with Gasteiger partial charge in [-0.2, -0.15) is 0 Å². The van der Waals surface area contributed by atoms with Crippen LogP contribution in [0.5, 0.6) is 0 Å². The van der Waals surface area contributed by atoms with Gasteiger partial charge in [0.15, 0.2) is 0 Å². The number of hydrogen-bond acceptors (Lipinski definition) is 7. The van der Waals surface area contributed by atoms with E-state index in [0.29, 0.717) is 16.5 Å². The number of alkyl carbamates (subject to hydrolysis) is 1. The summed E-state index contributed by atoms with van der Waals surface area (Å²) in [7, 11) is 0. The van der Waals surface area contributed by atoms with Crippen LogP contribution >= 0.6 is 0 Å². The van der Waals surface area contributed by atoms with E-state index in [1.165, 1.54) is 0 Å². The number of para-hydroxylation sites is 1. The molecule has 0 unspecified atom stereocenters. The lowest BCUT2D eigenvalue weighted by Crippen LogP contribution is -2.43. The molecule has 0 aliphatic carbocycles. The topological polar surface area (TPSA) is 104 Å². The van der Waals surface area contributed by atoms with E-state index in [0.717, 1.165) is 11.1 Å². The zero-order valence-corrected chi connectivity index (χ0v) is 20.3. The molecule has 0 saturated heterocycles. The van der Waals surface area contributed by atoms with E-state index in [9.17, 15) is 14.4 Å². The number of furan rings is 1. The number of ether oxygens (including phenoxy) is 3. The number of carbonyl (C=O) groups excluding carboxylic acids is 3. The van der Waals surface area contributed by atoms with E-state index in [4.69, 9.17) is 18.6 Å². The third kappa shape index (κ3) is 6.76. The Bertz CT molecular complexity index is 1350. The molecule has 0 bridgehead atoms. The fourth-order valence-corrected chi connectivity index (χ4v) is 3.80. The van der Waals surface area contributed by atoms with Crippen LogP contribution in [0.4, 0.5) is 4.79 Å². The zero-order chi connectivity index (χ0) is 26.0. The van der Waals surface area contributed by atoms with Gasteiger partial charge in [-0.05, 0) is 24.1 Å². The molecule has 0 aliphatic heterocycles. The van der Waals surface area contributed by atoms with E-state index in [1.807, 2.05) is 60.7 Å². The highest BCUT2D eigenvalue weighted by Gasteiger charge is 2.27. The lowest BCUT2D eigenvalue weighted by molar-refractivity contribution is -0.147. The van der Waals surface area contributed by atoms with E-state index in [1.54, 1.807) is 31.2 Å². The molecule has 1 heterocycles. The fraction of sp³-hybridized carbons (Fsp3) is 0.207. The van der Waals surface area contributed by atoms with Crippen molar-refractivity contribution in [3.63, 3.8) is 0 Å². The van der Waals surface area contributed by atoms with Gasteiger partial charge < -0.3 is 23.9 Å². The van der Waals surface area contributed by atoms with Gasteiger partial charge in [0.2, 0.25) is 5.76 Å². The van der Waals surface area contributed by atoms with E-state index >= 15 is 0 Å². The first-order valence-electron chi connectivity index (χ1n) is 11.9. The second kappa shape index (κ2) is 12.4. The number of nitrogens with one attached hydrogen (secondary N) is 1. The Morgan fingerprint density at radius 1 is 0.784 bits per heavy atom. The molecule has 1 aromatic heterocycles. The molecule has 4 rings (SSSR count). The summed E-state index contributed by atoms with van der Waals surface area (Å²) >= 11 is 0. The van der Waals surface area contributed by atoms with Crippen LogP contribution in [-0.2, 0) is 38.6 Å². The Kier molecular flexibility index (Phi) is 8.54. The third-order valence-electron chi connectivity index (χ3n) is 5.59. The van der Waals surface area contributed by atoms with Crippen LogP contribution < -0.4 is 5.32 Å². The van der Waals surface area contributed by atoms with Gasteiger partial charge in [0.25, 0.3) is 0 Å². The summed E-state index contributed by atoms with van der Waals surface area (Å²) in [4.78, 5) is 38.1. The highest BCUT2D eigenvalue weighted by atomic mass is 16.6. The van der Waals surface area contributed by atoms with Crippen molar-refractivity contribution in [1.82, 2.24) is 5.32 Å². The van der Waals surface area contributed by atoms with Crippen molar-refractivity contribution in [2.75, 3.05) is 6.61 Å². The Morgan fingerprint density at radius 3 is 2.14 bits per heavy atom. The van der Waals surface area contributed by atoms with E-state index < -0.39 is 24.1 Å². The SMILES string of the molecule is CCOC(=O)c1oc2ccccc2c1COC(=O)[C@H](Cc1ccccc1)NC(=O)OCc1ccccc1. The monoisotopic (exact) mass is 501 g/mol. The first kappa shape index (κ1) is 25.5. The van der Waals surface area contributed by atoms with Crippen molar-refractivity contribution in [3.8, 4) is 0 Å². The van der Waals surface area contributed by atoms with Crippen molar-refractivity contribution in [3.05, 3.63) is 107 Å². The summed E-state index contributed by atoms with van der Waals surface area (Å²) < 4.78 is 21.7. The summed E-state index contributed by atoms with van der Waals surface area (Å²) in [6.07, 6.45) is -0.556. The summed E-state index contributed by atoms with van der Waals surface area (Å²) in [5, 5.41) is 3.24. The van der Waals surface area contributed by atoms with Gasteiger partial charge in [-0.15, -0.1) is 0 Å². The van der Waals surface area contributed by atoms with E-state index in [2.05, 4.69) is 5.32 Å². The van der Waals surface area contributed by atoms with E-state index in [-0.39, 0.29) is 32.0 Å². The Morgan fingerprint density at radius 2 is 1.43 bits per heavy atom. The van der Waals surface area contributed by atoms with Gasteiger partial charge in [0.05, 0.1) is 12.2 Å². The molecule has 1 atom stereocenters. The molecule has 4 aromatic rings. The molecular weight excluding hydrogens is 474 g/mol. The van der Waals surface area contributed by atoms with Crippen molar-refractivity contribution in [1.29, 1.82) is 0 Å². The average Bonchev–Trinajstić information content (AvgIpc) is 3.30. The van der Waals surface area contributed by atoms with Crippen molar-refractivity contribution in [2.45, 2.75) is 32.6 Å². The highest BCUT2D eigenvalue weighted by Crippen LogP contribution is 2.27. The van der Waals surface area contributed by atoms with Gasteiger partial charge in [0.1, 0.15) is 24.8 Å². The van der Waals surface area contributed by atoms with Crippen molar-refractivity contribution in [2.24, 2.45) is 0 Å². The summed E-state index contributed by atoms with van der Waals surface area (Å²) in [5.41, 5.74) is 2.51. The van der Waals surface area contributed by atoms with Gasteiger partial charge in [0, 0.05) is 11.8 Å². The molecule has 8 nitrogen and oxygen atoms in total. The molecule has 0 saturated carbocycles. The number of amides is 1. The predicted molar refractivity (Wildman–Crippen MR) is 136 cm³/mol. The van der Waals surface area contributed by atoms with Gasteiger partial charge in [-0.25, -0.2) is 14.4 Å².